The van der Waals surface area contributed by atoms with Crippen LogP contribution in [0.4, 0.5) is 5.82 Å². The van der Waals surface area contributed by atoms with Gasteiger partial charge in [0.25, 0.3) is 0 Å². The SMILES string of the molecule is O=C(Nc1n[nH]c2nc(-c3ccc(O)cc3)c(-c3ccccc3)cc12)C1CCCC1. The van der Waals surface area contributed by atoms with Gasteiger partial charge in [0, 0.05) is 17.0 Å². The van der Waals surface area contributed by atoms with Crippen molar-refractivity contribution in [3.8, 4) is 28.1 Å². The maximum atomic E-state index is 12.6. The molecule has 6 nitrogen and oxygen atoms in total. The van der Waals surface area contributed by atoms with Crippen molar-refractivity contribution >= 4 is 22.8 Å². The van der Waals surface area contributed by atoms with Gasteiger partial charge in [-0.2, -0.15) is 5.10 Å². The number of H-pyrrole nitrogens is 1. The van der Waals surface area contributed by atoms with Crippen LogP contribution in [-0.4, -0.2) is 26.2 Å². The number of carbonyl (C=O) groups is 1. The Bertz CT molecular complexity index is 1190. The molecule has 2 aromatic heterocycles. The van der Waals surface area contributed by atoms with Gasteiger partial charge in [-0.15, -0.1) is 0 Å². The molecule has 2 heterocycles. The van der Waals surface area contributed by atoms with E-state index in [9.17, 15) is 9.90 Å². The van der Waals surface area contributed by atoms with Crippen LogP contribution in [0.3, 0.4) is 0 Å². The maximum absolute atomic E-state index is 12.6. The second kappa shape index (κ2) is 7.63. The van der Waals surface area contributed by atoms with Crippen LogP contribution in [0, 0.1) is 5.92 Å². The molecule has 0 radical (unpaired) electrons. The predicted molar refractivity (Wildman–Crippen MR) is 117 cm³/mol. The zero-order valence-corrected chi connectivity index (χ0v) is 16.4. The molecule has 0 unspecified atom stereocenters. The first-order valence-corrected chi connectivity index (χ1v) is 10.2. The van der Waals surface area contributed by atoms with E-state index in [4.69, 9.17) is 4.98 Å². The molecule has 1 amide bonds. The average molecular weight is 398 g/mol. The topological polar surface area (TPSA) is 90.9 Å². The third-order valence-corrected chi connectivity index (χ3v) is 5.74. The molecule has 0 atom stereocenters. The molecule has 1 aliphatic rings. The van der Waals surface area contributed by atoms with Crippen molar-refractivity contribution in [3.05, 3.63) is 60.7 Å². The number of carbonyl (C=O) groups excluding carboxylic acids is 1. The van der Waals surface area contributed by atoms with Gasteiger partial charge in [0.05, 0.1) is 11.1 Å². The summed E-state index contributed by atoms with van der Waals surface area (Å²) in [7, 11) is 0. The first kappa shape index (κ1) is 18.4. The van der Waals surface area contributed by atoms with E-state index in [0.29, 0.717) is 11.5 Å². The van der Waals surface area contributed by atoms with Crippen molar-refractivity contribution in [3.63, 3.8) is 0 Å². The van der Waals surface area contributed by atoms with Gasteiger partial charge in [-0.05, 0) is 48.7 Å². The summed E-state index contributed by atoms with van der Waals surface area (Å²) in [5.74, 6) is 0.822. The molecule has 1 aliphatic carbocycles. The lowest BCUT2D eigenvalue weighted by atomic mass is 9.98. The van der Waals surface area contributed by atoms with E-state index in [1.807, 2.05) is 48.5 Å². The highest BCUT2D eigenvalue weighted by Gasteiger charge is 2.24. The fourth-order valence-corrected chi connectivity index (χ4v) is 4.13. The lowest BCUT2D eigenvalue weighted by molar-refractivity contribution is -0.119. The van der Waals surface area contributed by atoms with Gasteiger partial charge in [0.2, 0.25) is 5.91 Å². The van der Waals surface area contributed by atoms with Crippen LogP contribution in [0.25, 0.3) is 33.4 Å². The van der Waals surface area contributed by atoms with Gasteiger partial charge in [-0.3, -0.25) is 9.89 Å². The van der Waals surface area contributed by atoms with Crippen LogP contribution in [0.15, 0.2) is 60.7 Å². The molecule has 30 heavy (non-hydrogen) atoms. The lowest BCUT2D eigenvalue weighted by Gasteiger charge is -2.11. The Hall–Kier alpha value is -3.67. The van der Waals surface area contributed by atoms with E-state index in [2.05, 4.69) is 15.5 Å². The number of benzene rings is 2. The van der Waals surface area contributed by atoms with E-state index in [-0.39, 0.29) is 17.6 Å². The predicted octanol–water partition coefficient (Wildman–Crippen LogP) is 5.13. The molecule has 1 saturated carbocycles. The van der Waals surface area contributed by atoms with Crippen LogP contribution in [0.1, 0.15) is 25.7 Å². The molecule has 0 spiro atoms. The van der Waals surface area contributed by atoms with Gasteiger partial charge < -0.3 is 10.4 Å². The van der Waals surface area contributed by atoms with Crippen molar-refractivity contribution < 1.29 is 9.90 Å². The standard InChI is InChI=1S/C24H22N4O2/c29-18-12-10-16(11-13-18)21-19(15-6-2-1-3-7-15)14-20-22(25-21)27-28-23(20)26-24(30)17-8-4-5-9-17/h1-3,6-7,10-14,17,29H,4-5,8-9H2,(H2,25,26,27,28,30). The number of aromatic hydroxyl groups is 1. The second-order valence-electron chi connectivity index (χ2n) is 7.74. The van der Waals surface area contributed by atoms with E-state index >= 15 is 0 Å². The van der Waals surface area contributed by atoms with Crippen LogP contribution in [0.5, 0.6) is 5.75 Å². The summed E-state index contributed by atoms with van der Waals surface area (Å²) in [6, 6.07) is 19.0. The van der Waals surface area contributed by atoms with Crippen molar-refractivity contribution in [2.45, 2.75) is 25.7 Å². The molecule has 5 rings (SSSR count). The molecule has 2 aromatic carbocycles. The number of nitrogens with zero attached hydrogens (tertiary/aromatic N) is 2. The number of fused-ring (bicyclic) bond motifs is 1. The van der Waals surface area contributed by atoms with Gasteiger partial charge in [0.15, 0.2) is 11.5 Å². The fraction of sp³-hybridized carbons (Fsp3) is 0.208. The summed E-state index contributed by atoms with van der Waals surface area (Å²) in [6.45, 7) is 0. The van der Waals surface area contributed by atoms with E-state index in [1.54, 1.807) is 12.1 Å². The molecule has 150 valence electrons. The molecular formula is C24H22N4O2. The third kappa shape index (κ3) is 3.41. The molecule has 4 aromatic rings. The van der Waals surface area contributed by atoms with Gasteiger partial charge in [0.1, 0.15) is 5.75 Å². The minimum Gasteiger partial charge on any atom is -0.508 e. The van der Waals surface area contributed by atoms with E-state index < -0.39 is 0 Å². The van der Waals surface area contributed by atoms with E-state index in [0.717, 1.165) is 53.5 Å². The number of anilines is 1. The number of phenols is 1. The first-order valence-electron chi connectivity index (χ1n) is 10.2. The largest absolute Gasteiger partial charge is 0.508 e. The number of pyridine rings is 1. The normalized spacial score (nSPS) is 14.3. The highest BCUT2D eigenvalue weighted by molar-refractivity contribution is 6.02. The summed E-state index contributed by atoms with van der Waals surface area (Å²) in [6.07, 6.45) is 4.09. The quantitative estimate of drug-likeness (QED) is 0.445. The lowest BCUT2D eigenvalue weighted by Crippen LogP contribution is -2.20. The van der Waals surface area contributed by atoms with Crippen molar-refractivity contribution in [1.29, 1.82) is 0 Å². The summed E-state index contributed by atoms with van der Waals surface area (Å²) in [5, 5.41) is 20.7. The Labute approximate surface area is 174 Å². The highest BCUT2D eigenvalue weighted by Crippen LogP contribution is 2.35. The maximum Gasteiger partial charge on any atom is 0.228 e. The molecule has 0 aliphatic heterocycles. The number of amides is 1. The van der Waals surface area contributed by atoms with E-state index in [1.165, 1.54) is 0 Å². The van der Waals surface area contributed by atoms with Gasteiger partial charge in [-0.1, -0.05) is 43.2 Å². The minimum absolute atomic E-state index is 0.0322. The zero-order chi connectivity index (χ0) is 20.5. The Morgan fingerprint density at radius 3 is 2.47 bits per heavy atom. The molecular weight excluding hydrogens is 376 g/mol. The summed E-state index contributed by atoms with van der Waals surface area (Å²) in [5.41, 5.74) is 4.24. The first-order chi connectivity index (χ1) is 14.7. The van der Waals surface area contributed by atoms with Crippen LogP contribution >= 0.6 is 0 Å². The number of aromatic amines is 1. The number of rotatable bonds is 4. The van der Waals surface area contributed by atoms with Crippen molar-refractivity contribution in [2.75, 3.05) is 5.32 Å². The summed E-state index contributed by atoms with van der Waals surface area (Å²) < 4.78 is 0. The average Bonchev–Trinajstić information content (AvgIpc) is 3.45. The molecule has 0 saturated heterocycles. The Morgan fingerprint density at radius 2 is 1.73 bits per heavy atom. The Balaban J connectivity index is 1.61. The number of aromatic nitrogens is 3. The van der Waals surface area contributed by atoms with Crippen LogP contribution in [-0.2, 0) is 4.79 Å². The van der Waals surface area contributed by atoms with Gasteiger partial charge in [-0.25, -0.2) is 4.98 Å². The third-order valence-electron chi connectivity index (χ3n) is 5.74. The Morgan fingerprint density at radius 1 is 1.00 bits per heavy atom. The molecule has 6 heteroatoms. The second-order valence-corrected chi connectivity index (χ2v) is 7.74. The number of phenolic OH excluding ortho intramolecular Hbond substituents is 1. The molecule has 3 N–H and O–H groups in total. The zero-order valence-electron chi connectivity index (χ0n) is 16.4. The van der Waals surface area contributed by atoms with Crippen LogP contribution in [0.2, 0.25) is 0 Å². The van der Waals surface area contributed by atoms with Gasteiger partial charge >= 0.3 is 0 Å². The minimum atomic E-state index is 0.0322. The van der Waals surface area contributed by atoms with Crippen molar-refractivity contribution in [2.24, 2.45) is 5.92 Å². The van der Waals surface area contributed by atoms with Crippen LogP contribution < -0.4 is 5.32 Å². The number of hydrogen-bond donors (Lipinski definition) is 3. The summed E-state index contributed by atoms with van der Waals surface area (Å²) in [4.78, 5) is 17.4. The molecule has 1 fully saturated rings. The summed E-state index contributed by atoms with van der Waals surface area (Å²) >= 11 is 0. The van der Waals surface area contributed by atoms with Crippen molar-refractivity contribution in [1.82, 2.24) is 15.2 Å². The number of nitrogens with one attached hydrogen (secondary N) is 2. The Kier molecular flexibility index (Phi) is 4.67. The smallest absolute Gasteiger partial charge is 0.228 e. The fourth-order valence-electron chi connectivity index (χ4n) is 4.13. The monoisotopic (exact) mass is 398 g/mol. The highest BCUT2D eigenvalue weighted by atomic mass is 16.3. The molecule has 0 bridgehead atoms. The number of hydrogen-bond acceptors (Lipinski definition) is 4.